The number of hydrogen-bond acceptors (Lipinski definition) is 4. The lowest BCUT2D eigenvalue weighted by molar-refractivity contribution is -0.131. The zero-order chi connectivity index (χ0) is 20.6. The summed E-state index contributed by atoms with van der Waals surface area (Å²) in [7, 11) is 0. The number of esters is 1. The maximum Gasteiger partial charge on any atom is 0.308 e. The number of halogens is 2. The van der Waals surface area contributed by atoms with Crippen molar-refractivity contribution in [2.24, 2.45) is 5.41 Å². The van der Waals surface area contributed by atoms with Gasteiger partial charge in [-0.2, -0.15) is 0 Å². The first-order valence-corrected chi connectivity index (χ1v) is 9.12. The molecule has 0 saturated carbocycles. The molecule has 1 aromatic carbocycles. The molecule has 0 atom stereocenters. The third kappa shape index (κ3) is 4.07. The Hall–Kier alpha value is -2.73. The number of carbonyl (C=O) groups excluding carboxylic acids is 1. The first-order chi connectivity index (χ1) is 13.1. The molecular formula is C21H20ClFN2O3. The summed E-state index contributed by atoms with van der Waals surface area (Å²) in [5.41, 5.74) is 0.129. The maximum atomic E-state index is 14.3. The maximum absolute atomic E-state index is 14.3. The molecule has 0 spiro atoms. The highest BCUT2D eigenvalue weighted by atomic mass is 35.5. The van der Waals surface area contributed by atoms with Crippen LogP contribution in [0.4, 0.5) is 4.39 Å². The van der Waals surface area contributed by atoms with Gasteiger partial charge in [-0.25, -0.2) is 9.37 Å². The van der Waals surface area contributed by atoms with Crippen LogP contribution in [-0.4, -0.2) is 15.5 Å². The number of pyridine rings is 2. The molecule has 0 aliphatic rings. The highest BCUT2D eigenvalue weighted by Gasteiger charge is 2.21. The Morgan fingerprint density at radius 1 is 1.25 bits per heavy atom. The van der Waals surface area contributed by atoms with Gasteiger partial charge in [-0.3, -0.25) is 14.2 Å². The van der Waals surface area contributed by atoms with Gasteiger partial charge < -0.3 is 4.74 Å². The molecular weight excluding hydrogens is 383 g/mol. The van der Waals surface area contributed by atoms with Gasteiger partial charge in [-0.15, -0.1) is 0 Å². The van der Waals surface area contributed by atoms with E-state index in [9.17, 15) is 14.0 Å². The lowest BCUT2D eigenvalue weighted by Gasteiger charge is -2.22. The minimum Gasteiger partial charge on any atom is -0.426 e. The van der Waals surface area contributed by atoms with E-state index >= 15 is 0 Å². The lowest BCUT2D eigenvalue weighted by atomic mass is 9.96. The third-order valence-electron chi connectivity index (χ3n) is 4.01. The summed E-state index contributed by atoms with van der Waals surface area (Å²) in [4.78, 5) is 28.7. The van der Waals surface area contributed by atoms with Crippen LogP contribution in [0.5, 0.6) is 5.75 Å². The molecule has 0 saturated heterocycles. The van der Waals surface area contributed by atoms with Crippen molar-refractivity contribution in [3.63, 3.8) is 0 Å². The third-order valence-corrected chi connectivity index (χ3v) is 4.30. The molecule has 0 aliphatic heterocycles. The largest absolute Gasteiger partial charge is 0.426 e. The molecule has 2 heterocycles. The van der Waals surface area contributed by atoms with Crippen LogP contribution >= 0.6 is 11.6 Å². The quantitative estimate of drug-likeness (QED) is 0.589. The Labute approximate surface area is 166 Å². The van der Waals surface area contributed by atoms with Gasteiger partial charge in [0.05, 0.1) is 16.1 Å². The summed E-state index contributed by atoms with van der Waals surface area (Å²) in [6, 6.07) is 8.92. The molecule has 0 radical (unpaired) electrons. The molecule has 3 aromatic rings. The fraction of sp³-hybridized carbons (Fsp3) is 0.286. The predicted octanol–water partition coefficient (Wildman–Crippen LogP) is 4.83. The zero-order valence-electron chi connectivity index (χ0n) is 16.0. The normalized spacial score (nSPS) is 11.6. The van der Waals surface area contributed by atoms with Gasteiger partial charge >= 0.3 is 5.97 Å². The van der Waals surface area contributed by atoms with E-state index in [0.717, 1.165) is 0 Å². The van der Waals surface area contributed by atoms with Crippen molar-refractivity contribution in [2.45, 2.75) is 34.2 Å². The Kier molecular flexibility index (Phi) is 5.26. The number of fused-ring (bicyclic) bond motifs is 1. The molecule has 146 valence electrons. The van der Waals surface area contributed by atoms with E-state index in [4.69, 9.17) is 16.3 Å². The minimum atomic E-state index is -0.566. The first kappa shape index (κ1) is 20.0. The first-order valence-electron chi connectivity index (χ1n) is 8.74. The second kappa shape index (κ2) is 7.36. The fourth-order valence-corrected chi connectivity index (χ4v) is 3.20. The lowest BCUT2D eigenvalue weighted by Crippen LogP contribution is -2.27. The number of ether oxygens (including phenoxy) is 1. The molecule has 0 N–H and O–H groups in total. The molecule has 0 unspecified atom stereocenters. The molecule has 5 nitrogen and oxygen atoms in total. The molecule has 0 fully saturated rings. The van der Waals surface area contributed by atoms with Crippen molar-refractivity contribution in [3.05, 3.63) is 57.6 Å². The van der Waals surface area contributed by atoms with Crippen molar-refractivity contribution in [1.29, 1.82) is 0 Å². The molecule has 28 heavy (non-hydrogen) atoms. The standard InChI is InChI=1S/C21H20ClFN2O3/c1-12(26)28-17-10-18(27)25(11-21(2,3)4)20-14(17)9-15(22)19(24-20)13-7-5-6-8-16(13)23/h5-10H,11H2,1-4H3. The Balaban J connectivity index is 2.38. The number of aromatic nitrogens is 2. The van der Waals surface area contributed by atoms with Crippen LogP contribution in [0.25, 0.3) is 22.3 Å². The summed E-state index contributed by atoms with van der Waals surface area (Å²) >= 11 is 6.39. The van der Waals surface area contributed by atoms with Crippen molar-refractivity contribution in [3.8, 4) is 17.0 Å². The average Bonchev–Trinajstić information content (AvgIpc) is 2.57. The predicted molar refractivity (Wildman–Crippen MR) is 107 cm³/mol. The summed E-state index contributed by atoms with van der Waals surface area (Å²) < 4.78 is 21.0. The van der Waals surface area contributed by atoms with Gasteiger partial charge in [0, 0.05) is 25.1 Å². The summed E-state index contributed by atoms with van der Waals surface area (Å²) in [5, 5.41) is 0.594. The number of nitrogens with zero attached hydrogens (tertiary/aromatic N) is 2. The van der Waals surface area contributed by atoms with E-state index in [-0.39, 0.29) is 38.7 Å². The van der Waals surface area contributed by atoms with Crippen LogP contribution in [-0.2, 0) is 11.3 Å². The summed E-state index contributed by atoms with van der Waals surface area (Å²) in [5.74, 6) is -0.965. The van der Waals surface area contributed by atoms with E-state index in [1.165, 1.54) is 23.6 Å². The molecule has 0 aliphatic carbocycles. The molecule has 7 heteroatoms. The minimum absolute atomic E-state index is 0.0761. The smallest absolute Gasteiger partial charge is 0.308 e. The van der Waals surface area contributed by atoms with Crippen LogP contribution < -0.4 is 10.3 Å². The van der Waals surface area contributed by atoms with Crippen molar-refractivity contribution >= 4 is 28.6 Å². The summed E-state index contributed by atoms with van der Waals surface area (Å²) in [6.07, 6.45) is 0. The monoisotopic (exact) mass is 402 g/mol. The van der Waals surface area contributed by atoms with Crippen molar-refractivity contribution < 1.29 is 13.9 Å². The van der Waals surface area contributed by atoms with Crippen LogP contribution in [0.1, 0.15) is 27.7 Å². The van der Waals surface area contributed by atoms with E-state index in [1.54, 1.807) is 24.3 Å². The second-order valence-corrected chi connectivity index (χ2v) is 8.16. The van der Waals surface area contributed by atoms with Gasteiger partial charge in [0.1, 0.15) is 17.2 Å². The molecule has 0 amide bonds. The van der Waals surface area contributed by atoms with Crippen LogP contribution in [0.3, 0.4) is 0 Å². The summed E-state index contributed by atoms with van der Waals surface area (Å²) in [6.45, 7) is 7.57. The van der Waals surface area contributed by atoms with Crippen LogP contribution in [0.15, 0.2) is 41.2 Å². The fourth-order valence-electron chi connectivity index (χ4n) is 2.95. The van der Waals surface area contributed by atoms with Gasteiger partial charge in [-0.05, 0) is 23.6 Å². The van der Waals surface area contributed by atoms with Gasteiger partial charge in [-0.1, -0.05) is 44.5 Å². The highest BCUT2D eigenvalue weighted by molar-refractivity contribution is 6.33. The number of benzene rings is 1. The number of hydrogen-bond donors (Lipinski definition) is 0. The number of carbonyl (C=O) groups is 1. The second-order valence-electron chi connectivity index (χ2n) is 7.76. The van der Waals surface area contributed by atoms with E-state index in [1.807, 2.05) is 20.8 Å². The average molecular weight is 403 g/mol. The number of rotatable bonds is 3. The van der Waals surface area contributed by atoms with Crippen molar-refractivity contribution in [2.75, 3.05) is 0 Å². The molecule has 0 bridgehead atoms. The Bertz CT molecular complexity index is 1130. The Morgan fingerprint density at radius 2 is 1.93 bits per heavy atom. The van der Waals surface area contributed by atoms with E-state index in [2.05, 4.69) is 4.98 Å². The van der Waals surface area contributed by atoms with Crippen molar-refractivity contribution in [1.82, 2.24) is 9.55 Å². The van der Waals surface area contributed by atoms with E-state index in [0.29, 0.717) is 11.9 Å². The van der Waals surface area contributed by atoms with Crippen LogP contribution in [0, 0.1) is 11.2 Å². The molecule has 2 aromatic heterocycles. The van der Waals surface area contributed by atoms with Crippen LogP contribution in [0.2, 0.25) is 5.02 Å². The van der Waals surface area contributed by atoms with E-state index < -0.39 is 11.8 Å². The Morgan fingerprint density at radius 3 is 2.54 bits per heavy atom. The van der Waals surface area contributed by atoms with Gasteiger partial charge in [0.25, 0.3) is 5.56 Å². The van der Waals surface area contributed by atoms with Gasteiger partial charge in [0.2, 0.25) is 0 Å². The molecule has 3 rings (SSSR count). The zero-order valence-corrected chi connectivity index (χ0v) is 16.8. The topological polar surface area (TPSA) is 61.2 Å². The highest BCUT2D eigenvalue weighted by Crippen LogP contribution is 2.34. The SMILES string of the molecule is CC(=O)Oc1cc(=O)n(CC(C)(C)C)c2nc(-c3ccccc3F)c(Cl)cc12. The van der Waals surface area contributed by atoms with Gasteiger partial charge in [0.15, 0.2) is 0 Å².